The largest absolute Gasteiger partial charge is 0.394 e. The van der Waals surface area contributed by atoms with Crippen LogP contribution in [-0.2, 0) is 0 Å². The summed E-state index contributed by atoms with van der Waals surface area (Å²) in [5.74, 6) is 0.274. The van der Waals surface area contributed by atoms with Gasteiger partial charge >= 0.3 is 0 Å². The number of amides is 1. The van der Waals surface area contributed by atoms with Crippen molar-refractivity contribution in [2.24, 2.45) is 0 Å². The summed E-state index contributed by atoms with van der Waals surface area (Å²) in [6.45, 7) is 3.43. The second-order valence-electron chi connectivity index (χ2n) is 7.86. The predicted octanol–water partition coefficient (Wildman–Crippen LogP) is 4.88. The van der Waals surface area contributed by atoms with E-state index in [-0.39, 0.29) is 18.3 Å². The fourth-order valence-corrected chi connectivity index (χ4v) is 3.73. The van der Waals surface area contributed by atoms with Crippen LogP contribution in [0.1, 0.15) is 33.1 Å². The number of aryl methyl sites for hydroxylation is 2. The zero-order valence-electron chi connectivity index (χ0n) is 18.6. The Balaban J connectivity index is 1.57. The molecule has 1 amide bonds. The molecule has 0 aliphatic carbocycles. The number of nitrogens with zero attached hydrogens (tertiary/aromatic N) is 3. The van der Waals surface area contributed by atoms with Crippen molar-refractivity contribution in [1.29, 1.82) is 0 Å². The first-order chi connectivity index (χ1) is 16.3. The molecule has 4 aromatic rings. The molecule has 0 spiro atoms. The number of nitrogens with one attached hydrogen (secondary N) is 2. The van der Waals surface area contributed by atoms with Gasteiger partial charge in [-0.15, -0.1) is 0 Å². The number of hydrogen-bond donors (Lipinski definition) is 3. The Hall–Kier alpha value is -3.75. The van der Waals surface area contributed by atoms with E-state index < -0.39 is 6.04 Å². The van der Waals surface area contributed by atoms with Gasteiger partial charge in [-0.1, -0.05) is 23.7 Å². The van der Waals surface area contributed by atoms with Crippen LogP contribution in [0, 0.1) is 19.7 Å². The van der Waals surface area contributed by atoms with Crippen molar-refractivity contribution in [3.8, 4) is 5.82 Å². The average Bonchev–Trinajstić information content (AvgIpc) is 3.21. The fourth-order valence-electron chi connectivity index (χ4n) is 3.53. The number of rotatable bonds is 7. The summed E-state index contributed by atoms with van der Waals surface area (Å²) < 4.78 is 14.9. The Labute approximate surface area is 201 Å². The van der Waals surface area contributed by atoms with Gasteiger partial charge in [-0.25, -0.2) is 9.37 Å². The van der Waals surface area contributed by atoms with Crippen molar-refractivity contribution in [3.05, 3.63) is 100 Å². The van der Waals surface area contributed by atoms with Gasteiger partial charge in [0.2, 0.25) is 5.95 Å². The summed E-state index contributed by atoms with van der Waals surface area (Å²) >= 11 is 6.05. The molecule has 0 bridgehead atoms. The van der Waals surface area contributed by atoms with E-state index in [1.54, 1.807) is 59.6 Å². The molecule has 174 valence electrons. The molecule has 7 nitrogen and oxygen atoms in total. The van der Waals surface area contributed by atoms with Gasteiger partial charge in [0.05, 0.1) is 18.2 Å². The van der Waals surface area contributed by atoms with Gasteiger partial charge < -0.3 is 20.3 Å². The summed E-state index contributed by atoms with van der Waals surface area (Å²) in [5, 5.41) is 16.2. The van der Waals surface area contributed by atoms with Crippen LogP contribution in [0.4, 0.5) is 16.0 Å². The SMILES string of the molecule is Cc1cn(-c2nc(Nc3ccc(F)cc3)ncc2C)cc1C(=O)NC(CO)c1cccc(Cl)c1. The van der Waals surface area contributed by atoms with E-state index >= 15 is 0 Å². The highest BCUT2D eigenvalue weighted by Crippen LogP contribution is 2.22. The molecule has 1 atom stereocenters. The molecule has 34 heavy (non-hydrogen) atoms. The maximum Gasteiger partial charge on any atom is 0.253 e. The predicted molar refractivity (Wildman–Crippen MR) is 129 cm³/mol. The van der Waals surface area contributed by atoms with Gasteiger partial charge in [-0.2, -0.15) is 4.98 Å². The van der Waals surface area contributed by atoms with Crippen molar-refractivity contribution >= 4 is 29.1 Å². The Morgan fingerprint density at radius 1 is 1.15 bits per heavy atom. The Morgan fingerprint density at radius 2 is 1.91 bits per heavy atom. The third-order valence-corrected chi connectivity index (χ3v) is 5.53. The third-order valence-electron chi connectivity index (χ3n) is 5.30. The van der Waals surface area contributed by atoms with Crippen molar-refractivity contribution in [3.63, 3.8) is 0 Å². The van der Waals surface area contributed by atoms with Crippen molar-refractivity contribution < 1.29 is 14.3 Å². The molecule has 3 N–H and O–H groups in total. The molecule has 2 aromatic carbocycles. The van der Waals surface area contributed by atoms with Crippen LogP contribution < -0.4 is 10.6 Å². The van der Waals surface area contributed by atoms with E-state index in [9.17, 15) is 14.3 Å². The van der Waals surface area contributed by atoms with Crippen molar-refractivity contribution in [1.82, 2.24) is 19.9 Å². The lowest BCUT2D eigenvalue weighted by atomic mass is 10.1. The Kier molecular flexibility index (Phi) is 6.90. The van der Waals surface area contributed by atoms with Crippen LogP contribution in [0.3, 0.4) is 0 Å². The summed E-state index contributed by atoms with van der Waals surface area (Å²) in [6.07, 6.45) is 5.16. The number of aliphatic hydroxyl groups is 1. The second-order valence-corrected chi connectivity index (χ2v) is 8.29. The lowest BCUT2D eigenvalue weighted by molar-refractivity contribution is 0.0915. The van der Waals surface area contributed by atoms with Crippen molar-refractivity contribution in [2.45, 2.75) is 19.9 Å². The molecule has 1 unspecified atom stereocenters. The van der Waals surface area contributed by atoms with Crippen LogP contribution in [0.15, 0.2) is 67.1 Å². The van der Waals surface area contributed by atoms with E-state index in [0.29, 0.717) is 33.6 Å². The van der Waals surface area contributed by atoms with Crippen molar-refractivity contribution in [2.75, 3.05) is 11.9 Å². The minimum absolute atomic E-state index is 0.269. The molecule has 0 aliphatic heterocycles. The number of halogens is 2. The van der Waals surface area contributed by atoms with Crippen LogP contribution >= 0.6 is 11.6 Å². The summed E-state index contributed by atoms with van der Waals surface area (Å²) in [7, 11) is 0. The van der Waals surface area contributed by atoms with Gasteiger partial charge in [0.1, 0.15) is 11.6 Å². The van der Waals surface area contributed by atoms with Crippen LogP contribution in [0.5, 0.6) is 0 Å². The topological polar surface area (TPSA) is 92.1 Å². The Bertz CT molecular complexity index is 1320. The summed E-state index contributed by atoms with van der Waals surface area (Å²) in [5.41, 5.74) is 3.36. The minimum atomic E-state index is -0.596. The van der Waals surface area contributed by atoms with Gasteiger partial charge in [0, 0.05) is 34.9 Å². The van der Waals surface area contributed by atoms with Crippen LogP contribution in [0.2, 0.25) is 5.02 Å². The standard InChI is InChI=1S/C25H23ClFN5O2/c1-15-11-28-25(29-20-8-6-19(27)7-9-20)31-23(15)32-12-16(2)21(13-32)24(34)30-22(14-33)17-4-3-5-18(26)10-17/h3-13,22,33H,14H2,1-2H3,(H,30,34)(H,28,29,31). The summed E-state index contributed by atoms with van der Waals surface area (Å²) in [4.78, 5) is 21.9. The molecule has 0 aliphatic rings. The highest BCUT2D eigenvalue weighted by molar-refractivity contribution is 6.30. The third kappa shape index (κ3) is 5.24. The second kappa shape index (κ2) is 10.0. The smallest absolute Gasteiger partial charge is 0.253 e. The van der Waals surface area contributed by atoms with E-state index in [1.165, 1.54) is 12.1 Å². The molecular weight excluding hydrogens is 457 g/mol. The van der Waals surface area contributed by atoms with Gasteiger partial charge in [-0.05, 0) is 61.4 Å². The lowest BCUT2D eigenvalue weighted by Gasteiger charge is -2.17. The summed E-state index contributed by atoms with van der Waals surface area (Å²) in [6, 6.07) is 12.3. The number of anilines is 2. The van der Waals surface area contributed by atoms with E-state index in [2.05, 4.69) is 20.6 Å². The van der Waals surface area contributed by atoms with Crippen LogP contribution in [-0.4, -0.2) is 32.2 Å². The van der Waals surface area contributed by atoms with E-state index in [4.69, 9.17) is 11.6 Å². The van der Waals surface area contributed by atoms with Gasteiger partial charge in [0.15, 0.2) is 0 Å². The Morgan fingerprint density at radius 3 is 2.62 bits per heavy atom. The lowest BCUT2D eigenvalue weighted by Crippen LogP contribution is -2.31. The maximum atomic E-state index is 13.2. The molecule has 0 saturated heterocycles. The highest BCUT2D eigenvalue weighted by Gasteiger charge is 2.19. The van der Waals surface area contributed by atoms with E-state index in [0.717, 1.165) is 11.1 Å². The first-order valence-corrected chi connectivity index (χ1v) is 10.9. The normalized spacial score (nSPS) is 11.8. The number of hydrogen-bond acceptors (Lipinski definition) is 5. The number of aliphatic hydroxyl groups excluding tert-OH is 1. The molecule has 0 radical (unpaired) electrons. The molecule has 4 rings (SSSR count). The highest BCUT2D eigenvalue weighted by atomic mass is 35.5. The number of carbonyl (C=O) groups is 1. The van der Waals surface area contributed by atoms with E-state index in [1.807, 2.05) is 13.8 Å². The molecule has 2 heterocycles. The van der Waals surface area contributed by atoms with Gasteiger partial charge in [0.25, 0.3) is 5.91 Å². The quantitative estimate of drug-likeness (QED) is 0.351. The zero-order valence-corrected chi connectivity index (χ0v) is 19.3. The molecule has 0 saturated carbocycles. The first-order valence-electron chi connectivity index (χ1n) is 10.6. The molecule has 2 aromatic heterocycles. The molecular formula is C25H23ClFN5O2. The fraction of sp³-hybridized carbons (Fsp3) is 0.160. The monoisotopic (exact) mass is 479 g/mol. The number of aromatic nitrogens is 3. The zero-order chi connectivity index (χ0) is 24.2. The minimum Gasteiger partial charge on any atom is -0.394 e. The number of carbonyl (C=O) groups excluding carboxylic acids is 1. The molecule has 0 fully saturated rings. The maximum absolute atomic E-state index is 13.2. The number of benzene rings is 2. The first kappa shape index (κ1) is 23.4. The molecule has 9 heteroatoms. The van der Waals surface area contributed by atoms with Gasteiger partial charge in [-0.3, -0.25) is 4.79 Å². The average molecular weight is 480 g/mol. The van der Waals surface area contributed by atoms with Crippen LogP contribution in [0.25, 0.3) is 5.82 Å².